The lowest BCUT2D eigenvalue weighted by Gasteiger charge is -2.28. The third-order valence-electron chi connectivity index (χ3n) is 4.68. The Labute approximate surface area is 186 Å². The molecule has 0 aliphatic carbocycles. The number of nitrogens with zero attached hydrogens (tertiary/aromatic N) is 1. The highest BCUT2D eigenvalue weighted by Crippen LogP contribution is 2.18. The zero-order valence-electron chi connectivity index (χ0n) is 17.7. The van der Waals surface area contributed by atoms with Crippen molar-refractivity contribution in [3.05, 3.63) is 58.6 Å². The molecular weight excluding hydrogens is 448 g/mol. The number of carbonyl (C=O) groups is 2. The van der Waals surface area contributed by atoms with E-state index in [0.717, 1.165) is 28.6 Å². The Morgan fingerprint density at radius 1 is 1.07 bits per heavy atom. The molecule has 0 radical (unpaired) electrons. The minimum absolute atomic E-state index is 0.148. The minimum atomic E-state index is -0.620. The molecule has 2 aromatic rings. The van der Waals surface area contributed by atoms with Crippen LogP contribution in [-0.2, 0) is 16.1 Å². The van der Waals surface area contributed by atoms with Crippen molar-refractivity contribution in [2.45, 2.75) is 39.3 Å². The monoisotopic (exact) mass is 476 g/mol. The molecule has 30 heavy (non-hydrogen) atoms. The summed E-state index contributed by atoms with van der Waals surface area (Å²) in [4.78, 5) is 27.1. The van der Waals surface area contributed by atoms with E-state index in [2.05, 4.69) is 28.2 Å². The Morgan fingerprint density at radius 3 is 2.30 bits per heavy atom. The molecule has 0 aliphatic heterocycles. The fourth-order valence-electron chi connectivity index (χ4n) is 2.81. The van der Waals surface area contributed by atoms with Gasteiger partial charge in [-0.1, -0.05) is 41.4 Å². The van der Waals surface area contributed by atoms with Gasteiger partial charge in [-0.3, -0.25) is 9.59 Å². The van der Waals surface area contributed by atoms with Gasteiger partial charge in [-0.05, 0) is 55.3 Å². The van der Waals surface area contributed by atoms with Gasteiger partial charge in [0.25, 0.3) is 5.91 Å². The quantitative estimate of drug-likeness (QED) is 0.494. The molecule has 0 saturated carbocycles. The van der Waals surface area contributed by atoms with Crippen molar-refractivity contribution in [1.82, 2.24) is 10.2 Å². The van der Waals surface area contributed by atoms with Crippen molar-refractivity contribution in [3.8, 4) is 11.5 Å². The Balaban J connectivity index is 2.10. The van der Waals surface area contributed by atoms with Crippen LogP contribution in [0.5, 0.6) is 11.5 Å². The number of rotatable bonds is 11. The Kier molecular flexibility index (Phi) is 9.67. The molecule has 162 valence electrons. The zero-order chi connectivity index (χ0) is 21.9. The van der Waals surface area contributed by atoms with Gasteiger partial charge in [0.15, 0.2) is 6.61 Å². The van der Waals surface area contributed by atoms with Gasteiger partial charge in [0, 0.05) is 17.6 Å². The summed E-state index contributed by atoms with van der Waals surface area (Å²) in [5.74, 6) is 0.900. The second kappa shape index (κ2) is 12.2. The molecule has 2 rings (SSSR count). The molecule has 2 amide bonds. The van der Waals surface area contributed by atoms with E-state index in [1.54, 1.807) is 31.1 Å². The lowest BCUT2D eigenvalue weighted by atomic mass is 10.1. The van der Waals surface area contributed by atoms with E-state index in [4.69, 9.17) is 9.47 Å². The first kappa shape index (κ1) is 23.7. The van der Waals surface area contributed by atoms with E-state index in [9.17, 15) is 9.59 Å². The third-order valence-corrected chi connectivity index (χ3v) is 5.21. The van der Waals surface area contributed by atoms with Gasteiger partial charge in [-0.25, -0.2) is 0 Å². The predicted octanol–water partition coefficient (Wildman–Crippen LogP) is 4.17. The number of ether oxygens (including phenoxy) is 2. The largest absolute Gasteiger partial charge is 0.497 e. The average Bonchev–Trinajstić information content (AvgIpc) is 2.77. The first-order valence-corrected chi connectivity index (χ1v) is 10.8. The molecule has 0 unspecified atom stereocenters. The Morgan fingerprint density at radius 2 is 1.70 bits per heavy atom. The summed E-state index contributed by atoms with van der Waals surface area (Å²) in [6.07, 6.45) is 1.89. The SMILES string of the molecule is CCCCNC(=O)[C@H](C)N(Cc1ccc(OC)cc1)C(=O)COc1ccc(Br)cc1. The maximum Gasteiger partial charge on any atom is 0.261 e. The number of nitrogens with one attached hydrogen (secondary N) is 1. The molecule has 0 saturated heterocycles. The summed E-state index contributed by atoms with van der Waals surface area (Å²) in [7, 11) is 1.60. The van der Waals surface area contributed by atoms with Crippen LogP contribution in [-0.4, -0.2) is 43.0 Å². The molecular formula is C23H29BrN2O4. The Hall–Kier alpha value is -2.54. The van der Waals surface area contributed by atoms with Crippen molar-refractivity contribution in [2.75, 3.05) is 20.3 Å². The molecule has 7 heteroatoms. The highest BCUT2D eigenvalue weighted by molar-refractivity contribution is 9.10. The number of hydrogen-bond acceptors (Lipinski definition) is 4. The Bertz CT molecular complexity index is 809. The minimum Gasteiger partial charge on any atom is -0.497 e. The van der Waals surface area contributed by atoms with Crippen molar-refractivity contribution in [3.63, 3.8) is 0 Å². The summed E-state index contributed by atoms with van der Waals surface area (Å²) in [5.41, 5.74) is 0.904. The number of hydrogen-bond donors (Lipinski definition) is 1. The van der Waals surface area contributed by atoms with Crippen LogP contribution < -0.4 is 14.8 Å². The number of benzene rings is 2. The fraction of sp³-hybridized carbons (Fsp3) is 0.391. The average molecular weight is 477 g/mol. The first-order valence-electron chi connectivity index (χ1n) is 10.0. The molecule has 0 spiro atoms. The van der Waals surface area contributed by atoms with Gasteiger partial charge in [0.1, 0.15) is 17.5 Å². The fourth-order valence-corrected chi connectivity index (χ4v) is 3.07. The zero-order valence-corrected chi connectivity index (χ0v) is 19.3. The van der Waals surface area contributed by atoms with Crippen LogP contribution in [0, 0.1) is 0 Å². The van der Waals surface area contributed by atoms with E-state index in [0.29, 0.717) is 18.8 Å². The van der Waals surface area contributed by atoms with E-state index >= 15 is 0 Å². The van der Waals surface area contributed by atoms with Crippen LogP contribution in [0.15, 0.2) is 53.0 Å². The van der Waals surface area contributed by atoms with E-state index < -0.39 is 6.04 Å². The second-order valence-electron chi connectivity index (χ2n) is 6.93. The number of unbranched alkanes of at least 4 members (excludes halogenated alkanes) is 1. The second-order valence-corrected chi connectivity index (χ2v) is 7.85. The van der Waals surface area contributed by atoms with Crippen LogP contribution in [0.25, 0.3) is 0 Å². The van der Waals surface area contributed by atoms with Gasteiger partial charge in [0.05, 0.1) is 7.11 Å². The molecule has 0 aromatic heterocycles. The summed E-state index contributed by atoms with van der Waals surface area (Å²) >= 11 is 3.37. The maximum atomic E-state index is 13.0. The third kappa shape index (κ3) is 7.37. The molecule has 1 atom stereocenters. The standard InChI is InChI=1S/C23H29BrN2O4/c1-4-5-14-25-23(28)17(2)26(15-18-6-10-20(29-3)11-7-18)22(27)16-30-21-12-8-19(24)9-13-21/h6-13,17H,4-5,14-16H2,1-3H3,(H,25,28)/t17-/m0/s1. The molecule has 0 bridgehead atoms. The van der Waals surface area contributed by atoms with Gasteiger partial charge in [0.2, 0.25) is 5.91 Å². The number of carbonyl (C=O) groups excluding carboxylic acids is 2. The summed E-state index contributed by atoms with van der Waals surface area (Å²) in [5, 5.41) is 2.90. The van der Waals surface area contributed by atoms with Gasteiger partial charge in [-0.15, -0.1) is 0 Å². The van der Waals surface area contributed by atoms with Crippen LogP contribution in [0.3, 0.4) is 0 Å². The lowest BCUT2D eigenvalue weighted by molar-refractivity contribution is -0.142. The summed E-state index contributed by atoms with van der Waals surface area (Å²) < 4.78 is 11.8. The highest BCUT2D eigenvalue weighted by Gasteiger charge is 2.26. The summed E-state index contributed by atoms with van der Waals surface area (Å²) in [6, 6.07) is 14.1. The van der Waals surface area contributed by atoms with Gasteiger partial charge < -0.3 is 19.7 Å². The van der Waals surface area contributed by atoms with E-state index in [-0.39, 0.29) is 18.4 Å². The van der Waals surface area contributed by atoms with Crippen LogP contribution in [0.4, 0.5) is 0 Å². The molecule has 6 nitrogen and oxygen atoms in total. The number of amides is 2. The van der Waals surface area contributed by atoms with Crippen molar-refractivity contribution < 1.29 is 19.1 Å². The number of halogens is 1. The van der Waals surface area contributed by atoms with E-state index in [1.807, 2.05) is 36.4 Å². The van der Waals surface area contributed by atoms with Crippen LogP contribution >= 0.6 is 15.9 Å². The number of methoxy groups -OCH3 is 1. The molecule has 0 aliphatic rings. The molecule has 1 N–H and O–H groups in total. The maximum absolute atomic E-state index is 13.0. The van der Waals surface area contributed by atoms with Gasteiger partial charge >= 0.3 is 0 Å². The van der Waals surface area contributed by atoms with Crippen LogP contribution in [0.1, 0.15) is 32.3 Å². The van der Waals surface area contributed by atoms with Crippen LogP contribution in [0.2, 0.25) is 0 Å². The van der Waals surface area contributed by atoms with Crippen molar-refractivity contribution >= 4 is 27.7 Å². The summed E-state index contributed by atoms with van der Waals surface area (Å²) in [6.45, 7) is 4.55. The normalized spacial score (nSPS) is 11.5. The topological polar surface area (TPSA) is 67.9 Å². The van der Waals surface area contributed by atoms with E-state index in [1.165, 1.54) is 0 Å². The van der Waals surface area contributed by atoms with Crippen molar-refractivity contribution in [2.24, 2.45) is 0 Å². The smallest absolute Gasteiger partial charge is 0.261 e. The van der Waals surface area contributed by atoms with Crippen molar-refractivity contribution in [1.29, 1.82) is 0 Å². The predicted molar refractivity (Wildman–Crippen MR) is 121 cm³/mol. The molecule has 0 heterocycles. The first-order chi connectivity index (χ1) is 14.4. The molecule has 0 fully saturated rings. The lowest BCUT2D eigenvalue weighted by Crippen LogP contribution is -2.49. The van der Waals surface area contributed by atoms with Gasteiger partial charge in [-0.2, -0.15) is 0 Å². The highest BCUT2D eigenvalue weighted by atomic mass is 79.9. The molecule has 2 aromatic carbocycles.